The van der Waals surface area contributed by atoms with Gasteiger partial charge in [-0.25, -0.2) is 4.79 Å². The average molecular weight is 168 g/mol. The third-order valence-corrected chi connectivity index (χ3v) is 1.85. The van der Waals surface area contributed by atoms with Crippen LogP contribution in [0.15, 0.2) is 24.2 Å². The summed E-state index contributed by atoms with van der Waals surface area (Å²) in [7, 11) is 0. The highest BCUT2D eigenvalue weighted by Crippen LogP contribution is 2.12. The summed E-state index contributed by atoms with van der Waals surface area (Å²) in [6.07, 6.45) is 4.33. The van der Waals surface area contributed by atoms with Crippen LogP contribution in [-0.2, 0) is 0 Å². The second-order valence-corrected chi connectivity index (χ2v) is 2.59. The molecule has 0 saturated carbocycles. The molecule has 4 heteroatoms. The maximum Gasteiger partial charge on any atom is 0.412 e. The molecule has 1 N–H and O–H groups in total. The Morgan fingerprint density at radius 3 is 2.50 bits per heavy atom. The van der Waals surface area contributed by atoms with Crippen LogP contribution >= 0.6 is 0 Å². The molecule has 12 heavy (non-hydrogen) atoms. The fourth-order valence-corrected chi connectivity index (χ4v) is 0.939. The molecule has 1 amide bonds. The first kappa shape index (κ1) is 8.64. The molecule has 0 radical (unpaired) electrons. The van der Waals surface area contributed by atoms with Crippen LogP contribution in [0.5, 0.6) is 0 Å². The Labute approximate surface area is 71.4 Å². The molecule has 1 aliphatic rings. The van der Waals surface area contributed by atoms with Gasteiger partial charge >= 0.3 is 6.09 Å². The van der Waals surface area contributed by atoms with Crippen molar-refractivity contribution >= 4 is 6.09 Å². The van der Waals surface area contributed by atoms with Crippen molar-refractivity contribution in [3.05, 3.63) is 24.2 Å². The standard InChI is InChI=1S/C8H12N2O2/c1-3-7(2)9-4-5-10(6-9)8(11)12/h3-5H,6H2,1-2H3,(H,11,12). The van der Waals surface area contributed by atoms with E-state index in [0.29, 0.717) is 6.67 Å². The number of hydrogen-bond acceptors (Lipinski definition) is 2. The molecule has 0 spiro atoms. The summed E-state index contributed by atoms with van der Waals surface area (Å²) in [5.41, 5.74) is 1.05. The van der Waals surface area contributed by atoms with Gasteiger partial charge in [0.15, 0.2) is 0 Å². The third-order valence-electron chi connectivity index (χ3n) is 1.85. The van der Waals surface area contributed by atoms with E-state index in [9.17, 15) is 4.79 Å². The minimum absolute atomic E-state index is 0.394. The second kappa shape index (κ2) is 3.30. The number of amides is 1. The number of nitrogens with zero attached hydrogens (tertiary/aromatic N) is 2. The van der Waals surface area contributed by atoms with E-state index < -0.39 is 6.09 Å². The summed E-state index contributed by atoms with van der Waals surface area (Å²) in [4.78, 5) is 13.6. The molecule has 0 saturated heterocycles. The molecule has 1 rings (SSSR count). The zero-order valence-electron chi connectivity index (χ0n) is 7.19. The number of carboxylic acid groups (broad SMARTS) is 1. The minimum Gasteiger partial charge on any atom is -0.465 e. The van der Waals surface area contributed by atoms with Crippen LogP contribution < -0.4 is 0 Å². The quantitative estimate of drug-likeness (QED) is 0.647. The number of carbonyl (C=O) groups is 1. The van der Waals surface area contributed by atoms with Crippen LogP contribution in [-0.4, -0.2) is 27.7 Å². The predicted octanol–water partition coefficient (Wildman–Crippen LogP) is 1.63. The molecule has 1 heterocycles. The van der Waals surface area contributed by atoms with Gasteiger partial charge in [0.05, 0.1) is 0 Å². The first-order chi connectivity index (χ1) is 5.65. The van der Waals surface area contributed by atoms with Crippen molar-refractivity contribution < 1.29 is 9.90 Å². The molecule has 0 aromatic rings. The van der Waals surface area contributed by atoms with Crippen LogP contribution in [0.2, 0.25) is 0 Å². The Bertz CT molecular complexity index is 245. The maximum atomic E-state index is 10.5. The van der Waals surface area contributed by atoms with Gasteiger partial charge in [-0.1, -0.05) is 6.08 Å². The number of rotatable bonds is 1. The first-order valence-electron chi connectivity index (χ1n) is 3.72. The van der Waals surface area contributed by atoms with Crippen LogP contribution in [0.1, 0.15) is 13.8 Å². The second-order valence-electron chi connectivity index (χ2n) is 2.59. The van der Waals surface area contributed by atoms with Crippen LogP contribution in [0.4, 0.5) is 4.79 Å². The van der Waals surface area contributed by atoms with Gasteiger partial charge in [-0.2, -0.15) is 0 Å². The normalized spacial score (nSPS) is 17.3. The lowest BCUT2D eigenvalue weighted by atomic mass is 10.4. The van der Waals surface area contributed by atoms with Crippen molar-refractivity contribution in [1.29, 1.82) is 0 Å². The van der Waals surface area contributed by atoms with E-state index in [1.54, 1.807) is 12.4 Å². The van der Waals surface area contributed by atoms with Gasteiger partial charge in [-0.15, -0.1) is 0 Å². The summed E-state index contributed by atoms with van der Waals surface area (Å²) < 4.78 is 0. The van der Waals surface area contributed by atoms with Gasteiger partial charge in [-0.05, 0) is 13.8 Å². The zero-order chi connectivity index (χ0) is 9.14. The van der Waals surface area contributed by atoms with Crippen molar-refractivity contribution in [2.75, 3.05) is 6.67 Å². The van der Waals surface area contributed by atoms with Crippen LogP contribution in [0.3, 0.4) is 0 Å². The Balaban J connectivity index is 2.59. The van der Waals surface area contributed by atoms with Crippen molar-refractivity contribution in [1.82, 2.24) is 9.80 Å². The molecule has 4 nitrogen and oxygen atoms in total. The fraction of sp³-hybridized carbons (Fsp3) is 0.375. The molecule has 0 atom stereocenters. The van der Waals surface area contributed by atoms with E-state index in [1.807, 2.05) is 24.8 Å². The molecule has 0 unspecified atom stereocenters. The predicted molar refractivity (Wildman–Crippen MR) is 45.1 cm³/mol. The molecular formula is C8H12N2O2. The highest BCUT2D eigenvalue weighted by molar-refractivity contribution is 5.66. The Morgan fingerprint density at radius 2 is 2.08 bits per heavy atom. The Morgan fingerprint density at radius 1 is 1.50 bits per heavy atom. The minimum atomic E-state index is -0.919. The van der Waals surface area contributed by atoms with E-state index in [0.717, 1.165) is 5.70 Å². The molecule has 0 aromatic heterocycles. The SMILES string of the molecule is CC=C(C)N1C=CN(C(=O)O)C1. The molecule has 0 fully saturated rings. The van der Waals surface area contributed by atoms with Crippen LogP contribution in [0, 0.1) is 0 Å². The van der Waals surface area contributed by atoms with E-state index in [-0.39, 0.29) is 0 Å². The van der Waals surface area contributed by atoms with Crippen LogP contribution in [0.25, 0.3) is 0 Å². The summed E-state index contributed by atoms with van der Waals surface area (Å²) in [6, 6.07) is 0. The van der Waals surface area contributed by atoms with E-state index in [2.05, 4.69) is 0 Å². The molecule has 1 aliphatic heterocycles. The van der Waals surface area contributed by atoms with Gasteiger partial charge in [0.1, 0.15) is 6.67 Å². The molecule has 0 bridgehead atoms. The summed E-state index contributed by atoms with van der Waals surface area (Å²) in [5.74, 6) is 0. The monoisotopic (exact) mass is 168 g/mol. The highest BCUT2D eigenvalue weighted by Gasteiger charge is 2.17. The van der Waals surface area contributed by atoms with E-state index in [4.69, 9.17) is 5.11 Å². The van der Waals surface area contributed by atoms with Gasteiger partial charge in [0.25, 0.3) is 0 Å². The Hall–Kier alpha value is -1.45. The van der Waals surface area contributed by atoms with E-state index in [1.165, 1.54) is 4.90 Å². The lowest BCUT2D eigenvalue weighted by molar-refractivity contribution is 0.157. The molecular weight excluding hydrogens is 156 g/mol. The number of allylic oxidation sites excluding steroid dienone is 2. The molecule has 0 aliphatic carbocycles. The lowest BCUT2D eigenvalue weighted by Gasteiger charge is -2.17. The molecule has 66 valence electrons. The Kier molecular flexibility index (Phi) is 2.38. The van der Waals surface area contributed by atoms with Gasteiger partial charge in [0, 0.05) is 18.1 Å². The first-order valence-corrected chi connectivity index (χ1v) is 3.72. The number of hydrogen-bond donors (Lipinski definition) is 1. The van der Waals surface area contributed by atoms with Crippen molar-refractivity contribution in [2.45, 2.75) is 13.8 Å². The van der Waals surface area contributed by atoms with E-state index >= 15 is 0 Å². The van der Waals surface area contributed by atoms with Gasteiger partial charge < -0.3 is 10.0 Å². The summed E-state index contributed by atoms with van der Waals surface area (Å²) >= 11 is 0. The topological polar surface area (TPSA) is 43.8 Å². The third kappa shape index (κ3) is 1.58. The zero-order valence-corrected chi connectivity index (χ0v) is 7.19. The van der Waals surface area contributed by atoms with Gasteiger partial charge in [-0.3, -0.25) is 4.90 Å². The summed E-state index contributed by atoms with van der Waals surface area (Å²) in [5, 5.41) is 8.61. The smallest absolute Gasteiger partial charge is 0.412 e. The molecule has 0 aromatic carbocycles. The maximum absolute atomic E-state index is 10.5. The fourth-order valence-electron chi connectivity index (χ4n) is 0.939. The largest absolute Gasteiger partial charge is 0.465 e. The van der Waals surface area contributed by atoms with Crippen molar-refractivity contribution in [3.8, 4) is 0 Å². The lowest BCUT2D eigenvalue weighted by Crippen LogP contribution is -2.28. The average Bonchev–Trinajstić information content (AvgIpc) is 2.51. The van der Waals surface area contributed by atoms with Crippen molar-refractivity contribution in [2.24, 2.45) is 0 Å². The van der Waals surface area contributed by atoms with Crippen molar-refractivity contribution in [3.63, 3.8) is 0 Å². The highest BCUT2D eigenvalue weighted by atomic mass is 16.4. The summed E-state index contributed by atoms with van der Waals surface area (Å²) in [6.45, 7) is 4.26. The van der Waals surface area contributed by atoms with Gasteiger partial charge in [0.2, 0.25) is 0 Å².